The quantitative estimate of drug-likeness (QED) is 0.314. The van der Waals surface area contributed by atoms with Crippen LogP contribution < -0.4 is 0 Å². The summed E-state index contributed by atoms with van der Waals surface area (Å²) in [5.74, 6) is -1.18. The van der Waals surface area contributed by atoms with Crippen LogP contribution in [0.2, 0.25) is 0 Å². The first kappa shape index (κ1) is 23.5. The van der Waals surface area contributed by atoms with Crippen LogP contribution in [0.25, 0.3) is 10.9 Å². The summed E-state index contributed by atoms with van der Waals surface area (Å²) >= 11 is 0. The molecule has 4 rings (SSSR count). The van der Waals surface area contributed by atoms with Crippen LogP contribution in [0.3, 0.4) is 0 Å². The molecule has 3 heterocycles. The molecule has 0 atom stereocenters. The number of carbonyl (C=O) groups is 1. The third kappa shape index (κ3) is 5.14. The molecule has 1 amide bonds. The van der Waals surface area contributed by atoms with Crippen molar-refractivity contribution in [2.45, 2.75) is 25.6 Å². The van der Waals surface area contributed by atoms with Crippen LogP contribution in [0.1, 0.15) is 28.2 Å². The molecule has 1 fully saturated rings. The maximum atomic E-state index is 13.7. The smallest absolute Gasteiger partial charge is 0.380 e. The number of ether oxygens (including phenoxy) is 1. The normalized spacial score (nSPS) is 14.9. The molecule has 0 saturated carbocycles. The molecular formula is C21H19F4N5O4. The fourth-order valence-electron chi connectivity index (χ4n) is 3.84. The number of nitro benzene ring substituents is 1. The van der Waals surface area contributed by atoms with Crippen LogP contribution in [-0.4, -0.2) is 63.0 Å². The van der Waals surface area contributed by atoms with Gasteiger partial charge in [0.1, 0.15) is 18.1 Å². The van der Waals surface area contributed by atoms with E-state index < -0.39 is 29.4 Å². The van der Waals surface area contributed by atoms with Crippen molar-refractivity contribution in [1.29, 1.82) is 0 Å². The van der Waals surface area contributed by atoms with E-state index in [1.165, 1.54) is 17.2 Å². The molecule has 0 aliphatic carbocycles. The maximum absolute atomic E-state index is 13.7. The standard InChI is InChI=1S/C21H19F4N5O4/c22-14-2-3-18(30(32)33)13(8-14)9-16-15-11-26-17(20(31)28-4-1-6-34-7-5-28)10-19(15)29(27-16)12-21(23,24)25/h2-3,8,10-11H,1,4-7,9,12H2. The Bertz CT molecular complexity index is 1240. The minimum absolute atomic E-state index is 0.00389. The Morgan fingerprint density at radius 1 is 1.21 bits per heavy atom. The Hall–Kier alpha value is -3.61. The number of nitro groups is 1. The molecule has 2 aromatic heterocycles. The number of nitrogens with zero attached hydrogens (tertiary/aromatic N) is 5. The van der Waals surface area contributed by atoms with E-state index in [0.717, 1.165) is 18.2 Å². The van der Waals surface area contributed by atoms with E-state index in [1.54, 1.807) is 0 Å². The number of benzene rings is 1. The van der Waals surface area contributed by atoms with Gasteiger partial charge in [-0.2, -0.15) is 18.3 Å². The van der Waals surface area contributed by atoms with Crippen LogP contribution in [-0.2, 0) is 17.7 Å². The molecule has 34 heavy (non-hydrogen) atoms. The molecule has 0 bridgehead atoms. The first-order valence-electron chi connectivity index (χ1n) is 10.3. The van der Waals surface area contributed by atoms with E-state index in [-0.39, 0.29) is 40.0 Å². The van der Waals surface area contributed by atoms with Crippen molar-refractivity contribution in [3.05, 3.63) is 63.3 Å². The van der Waals surface area contributed by atoms with Gasteiger partial charge in [-0.05, 0) is 24.6 Å². The molecule has 180 valence electrons. The lowest BCUT2D eigenvalue weighted by atomic mass is 10.1. The summed E-state index contributed by atoms with van der Waals surface area (Å²) in [6.45, 7) is 0.161. The summed E-state index contributed by atoms with van der Waals surface area (Å²) in [7, 11) is 0. The summed E-state index contributed by atoms with van der Waals surface area (Å²) in [6, 6.07) is 4.08. The predicted octanol–water partition coefficient (Wildman–Crippen LogP) is 3.49. The molecule has 1 aliphatic rings. The second kappa shape index (κ2) is 9.33. The van der Waals surface area contributed by atoms with Crippen LogP contribution in [0.15, 0.2) is 30.5 Å². The SMILES string of the molecule is O=C(c1cc2c(cn1)c(Cc1cc(F)ccc1[N+](=O)[O-])nn2CC(F)(F)F)N1CCCOCC1. The number of hydrogen-bond donors (Lipinski definition) is 0. The average molecular weight is 481 g/mol. The summed E-state index contributed by atoms with van der Waals surface area (Å²) in [4.78, 5) is 29.1. The van der Waals surface area contributed by atoms with Gasteiger partial charge in [0, 0.05) is 49.3 Å². The van der Waals surface area contributed by atoms with Crippen molar-refractivity contribution in [2.75, 3.05) is 26.3 Å². The van der Waals surface area contributed by atoms with Gasteiger partial charge < -0.3 is 9.64 Å². The number of aromatic nitrogens is 3. The molecule has 1 saturated heterocycles. The Morgan fingerprint density at radius 2 is 2.00 bits per heavy atom. The number of hydrogen-bond acceptors (Lipinski definition) is 6. The van der Waals surface area contributed by atoms with Gasteiger partial charge in [-0.25, -0.2) is 4.39 Å². The van der Waals surface area contributed by atoms with E-state index in [1.807, 2.05) is 0 Å². The van der Waals surface area contributed by atoms with Gasteiger partial charge in [0.25, 0.3) is 11.6 Å². The average Bonchev–Trinajstić information content (AvgIpc) is 2.93. The number of alkyl halides is 3. The zero-order valence-electron chi connectivity index (χ0n) is 17.7. The topological polar surface area (TPSA) is 103 Å². The van der Waals surface area contributed by atoms with Gasteiger partial charge in [0.05, 0.1) is 22.7 Å². The Labute approximate surface area is 190 Å². The Morgan fingerprint density at radius 3 is 2.74 bits per heavy atom. The first-order chi connectivity index (χ1) is 16.1. The lowest BCUT2D eigenvalue weighted by Crippen LogP contribution is -2.33. The van der Waals surface area contributed by atoms with Gasteiger partial charge in [-0.1, -0.05) is 0 Å². The highest BCUT2D eigenvalue weighted by Gasteiger charge is 2.31. The van der Waals surface area contributed by atoms with Crippen molar-refractivity contribution < 1.29 is 32.0 Å². The predicted molar refractivity (Wildman–Crippen MR) is 111 cm³/mol. The van der Waals surface area contributed by atoms with Crippen LogP contribution >= 0.6 is 0 Å². The van der Waals surface area contributed by atoms with Crippen molar-refractivity contribution in [1.82, 2.24) is 19.7 Å². The molecular weight excluding hydrogens is 462 g/mol. The Balaban J connectivity index is 1.76. The number of rotatable bonds is 5. The molecule has 0 N–H and O–H groups in total. The first-order valence-corrected chi connectivity index (χ1v) is 10.3. The second-order valence-electron chi connectivity index (χ2n) is 7.77. The second-order valence-corrected chi connectivity index (χ2v) is 7.77. The van der Waals surface area contributed by atoms with E-state index in [0.29, 0.717) is 37.4 Å². The van der Waals surface area contributed by atoms with Crippen molar-refractivity contribution in [2.24, 2.45) is 0 Å². The monoisotopic (exact) mass is 481 g/mol. The fourth-order valence-corrected chi connectivity index (χ4v) is 3.84. The third-order valence-electron chi connectivity index (χ3n) is 5.37. The third-order valence-corrected chi connectivity index (χ3v) is 5.37. The minimum Gasteiger partial charge on any atom is -0.380 e. The highest BCUT2D eigenvalue weighted by molar-refractivity contribution is 5.96. The number of fused-ring (bicyclic) bond motifs is 1. The number of carbonyl (C=O) groups excluding carboxylic acids is 1. The fraction of sp³-hybridized carbons (Fsp3) is 0.381. The highest BCUT2D eigenvalue weighted by atomic mass is 19.4. The van der Waals surface area contributed by atoms with Gasteiger partial charge in [-0.15, -0.1) is 0 Å². The highest BCUT2D eigenvalue weighted by Crippen LogP contribution is 2.28. The largest absolute Gasteiger partial charge is 0.408 e. The molecule has 0 radical (unpaired) electrons. The zero-order chi connectivity index (χ0) is 24.5. The molecule has 1 aromatic carbocycles. The molecule has 3 aromatic rings. The molecule has 0 spiro atoms. The number of pyridine rings is 1. The van der Waals surface area contributed by atoms with Gasteiger partial charge in [0.15, 0.2) is 0 Å². The van der Waals surface area contributed by atoms with Crippen molar-refractivity contribution >= 4 is 22.5 Å². The van der Waals surface area contributed by atoms with Crippen LogP contribution in [0, 0.1) is 15.9 Å². The van der Waals surface area contributed by atoms with E-state index in [9.17, 15) is 32.5 Å². The van der Waals surface area contributed by atoms with E-state index >= 15 is 0 Å². The molecule has 1 aliphatic heterocycles. The summed E-state index contributed by atoms with van der Waals surface area (Å²) in [6.07, 6.45) is -3.07. The van der Waals surface area contributed by atoms with Crippen molar-refractivity contribution in [3.8, 4) is 0 Å². The summed E-state index contributed by atoms with van der Waals surface area (Å²) in [5.41, 5.74) is -0.448. The summed E-state index contributed by atoms with van der Waals surface area (Å²) < 4.78 is 59.4. The lowest BCUT2D eigenvalue weighted by Gasteiger charge is -2.19. The van der Waals surface area contributed by atoms with Gasteiger partial charge in [-0.3, -0.25) is 24.6 Å². The van der Waals surface area contributed by atoms with Crippen molar-refractivity contribution in [3.63, 3.8) is 0 Å². The number of amides is 1. The van der Waals surface area contributed by atoms with Gasteiger partial charge >= 0.3 is 6.18 Å². The van der Waals surface area contributed by atoms with Gasteiger partial charge in [0.2, 0.25) is 0 Å². The lowest BCUT2D eigenvalue weighted by molar-refractivity contribution is -0.385. The maximum Gasteiger partial charge on any atom is 0.408 e. The molecule has 9 nitrogen and oxygen atoms in total. The summed E-state index contributed by atoms with van der Waals surface area (Å²) in [5, 5.41) is 15.5. The molecule has 13 heteroatoms. The molecule has 0 unspecified atom stereocenters. The van der Waals surface area contributed by atoms with Crippen LogP contribution in [0.4, 0.5) is 23.2 Å². The minimum atomic E-state index is -4.61. The van der Waals surface area contributed by atoms with E-state index in [4.69, 9.17) is 4.74 Å². The Kier molecular flexibility index (Phi) is 6.46. The number of halogens is 4. The zero-order valence-corrected chi connectivity index (χ0v) is 17.7. The van der Waals surface area contributed by atoms with E-state index in [2.05, 4.69) is 10.1 Å². The van der Waals surface area contributed by atoms with Crippen LogP contribution in [0.5, 0.6) is 0 Å².